The molecular formula is C18H31N3O3. The van der Waals surface area contributed by atoms with Crippen molar-refractivity contribution in [3.63, 3.8) is 0 Å². The monoisotopic (exact) mass is 337 g/mol. The summed E-state index contributed by atoms with van der Waals surface area (Å²) < 4.78 is 4.68. The Kier molecular flexibility index (Phi) is 10.6. The first-order valence-corrected chi connectivity index (χ1v) is 9.15. The third-order valence-corrected chi connectivity index (χ3v) is 3.92. The average molecular weight is 337 g/mol. The largest absolute Gasteiger partial charge is 0.363 e. The Morgan fingerprint density at radius 1 is 1.08 bits per heavy atom. The number of nitrogens with zero attached hydrogens (tertiary/aromatic N) is 2. The van der Waals surface area contributed by atoms with Crippen LogP contribution in [0.5, 0.6) is 0 Å². The third kappa shape index (κ3) is 8.70. The summed E-state index contributed by atoms with van der Waals surface area (Å²) in [5.74, 6) is 0.198. The van der Waals surface area contributed by atoms with E-state index in [-0.39, 0.29) is 18.4 Å². The van der Waals surface area contributed by atoms with E-state index in [1.54, 1.807) is 11.0 Å². The van der Waals surface area contributed by atoms with Gasteiger partial charge in [0, 0.05) is 19.0 Å². The molecule has 0 fully saturated rings. The highest BCUT2D eigenvalue weighted by Crippen LogP contribution is 2.09. The van der Waals surface area contributed by atoms with Crippen LogP contribution in [0.1, 0.15) is 71.6 Å². The number of carbonyl (C=O) groups excluding carboxylic acids is 2. The fourth-order valence-corrected chi connectivity index (χ4v) is 2.49. The van der Waals surface area contributed by atoms with Gasteiger partial charge in [0.05, 0.1) is 6.54 Å². The van der Waals surface area contributed by atoms with Crippen LogP contribution < -0.4 is 5.32 Å². The molecule has 1 rings (SSSR count). The SMILES string of the molecule is CCCCCCCCC(=O)N(CCCC)CC(=O)Nc1ccon1. The lowest BCUT2D eigenvalue weighted by Gasteiger charge is -2.21. The predicted octanol–water partition coefficient (Wildman–Crippen LogP) is 3.99. The Balaban J connectivity index is 2.36. The van der Waals surface area contributed by atoms with Gasteiger partial charge in [-0.1, -0.05) is 57.5 Å². The highest BCUT2D eigenvalue weighted by molar-refractivity contribution is 5.93. The fraction of sp³-hybridized carbons (Fsp3) is 0.722. The quantitative estimate of drug-likeness (QED) is 0.552. The van der Waals surface area contributed by atoms with E-state index in [9.17, 15) is 9.59 Å². The molecule has 136 valence electrons. The van der Waals surface area contributed by atoms with E-state index < -0.39 is 0 Å². The van der Waals surface area contributed by atoms with Crippen molar-refractivity contribution in [2.24, 2.45) is 0 Å². The minimum Gasteiger partial charge on any atom is -0.363 e. The lowest BCUT2D eigenvalue weighted by molar-refractivity contribution is -0.134. The minimum atomic E-state index is -0.240. The van der Waals surface area contributed by atoms with Gasteiger partial charge in [0.15, 0.2) is 5.82 Å². The molecule has 6 nitrogen and oxygen atoms in total. The molecule has 0 bridgehead atoms. The van der Waals surface area contributed by atoms with Gasteiger partial charge >= 0.3 is 0 Å². The Morgan fingerprint density at radius 3 is 2.46 bits per heavy atom. The maximum atomic E-state index is 12.4. The third-order valence-electron chi connectivity index (χ3n) is 3.92. The Hall–Kier alpha value is -1.85. The van der Waals surface area contributed by atoms with E-state index in [0.29, 0.717) is 18.8 Å². The number of nitrogens with one attached hydrogen (secondary N) is 1. The summed E-state index contributed by atoms with van der Waals surface area (Å²) >= 11 is 0. The Labute approximate surface area is 145 Å². The molecule has 0 aliphatic heterocycles. The summed E-state index contributed by atoms with van der Waals surface area (Å²) in [6.07, 6.45) is 10.7. The van der Waals surface area contributed by atoms with Gasteiger partial charge in [0.1, 0.15) is 6.26 Å². The highest BCUT2D eigenvalue weighted by Gasteiger charge is 2.17. The van der Waals surface area contributed by atoms with Gasteiger partial charge in [0.25, 0.3) is 0 Å². The van der Waals surface area contributed by atoms with Crippen LogP contribution >= 0.6 is 0 Å². The molecule has 0 saturated heterocycles. The van der Waals surface area contributed by atoms with E-state index in [1.807, 2.05) is 0 Å². The normalized spacial score (nSPS) is 10.6. The summed E-state index contributed by atoms with van der Waals surface area (Å²) in [6.45, 7) is 4.96. The second-order valence-electron chi connectivity index (χ2n) is 6.12. The summed E-state index contributed by atoms with van der Waals surface area (Å²) in [5.41, 5.74) is 0. The number of unbranched alkanes of at least 4 members (excludes halogenated alkanes) is 6. The lowest BCUT2D eigenvalue weighted by Crippen LogP contribution is -2.38. The summed E-state index contributed by atoms with van der Waals surface area (Å²) in [4.78, 5) is 26.1. The zero-order valence-corrected chi connectivity index (χ0v) is 15.1. The predicted molar refractivity (Wildman–Crippen MR) is 94.6 cm³/mol. The van der Waals surface area contributed by atoms with Crippen molar-refractivity contribution in [1.82, 2.24) is 10.1 Å². The van der Waals surface area contributed by atoms with Gasteiger partial charge in [-0.25, -0.2) is 0 Å². The molecular weight excluding hydrogens is 306 g/mol. The van der Waals surface area contributed by atoms with Gasteiger partial charge in [-0.15, -0.1) is 0 Å². The number of amides is 2. The first kappa shape index (κ1) is 20.2. The van der Waals surface area contributed by atoms with E-state index in [0.717, 1.165) is 25.7 Å². The fourth-order valence-electron chi connectivity index (χ4n) is 2.49. The van der Waals surface area contributed by atoms with E-state index in [1.165, 1.54) is 31.9 Å². The molecule has 0 spiro atoms. The first-order chi connectivity index (χ1) is 11.7. The van der Waals surface area contributed by atoms with E-state index in [2.05, 4.69) is 28.8 Å². The molecule has 0 saturated carbocycles. The van der Waals surface area contributed by atoms with Gasteiger partial charge in [-0.05, 0) is 12.8 Å². The number of anilines is 1. The van der Waals surface area contributed by atoms with Crippen molar-refractivity contribution in [3.8, 4) is 0 Å². The second kappa shape index (κ2) is 12.6. The van der Waals surface area contributed by atoms with Crippen LogP contribution in [-0.2, 0) is 9.59 Å². The van der Waals surface area contributed by atoms with Crippen LogP contribution in [0.2, 0.25) is 0 Å². The van der Waals surface area contributed by atoms with Gasteiger partial charge in [0.2, 0.25) is 11.8 Å². The average Bonchev–Trinajstić information content (AvgIpc) is 3.07. The number of hydrogen-bond donors (Lipinski definition) is 1. The molecule has 0 atom stereocenters. The van der Waals surface area contributed by atoms with Crippen molar-refractivity contribution >= 4 is 17.6 Å². The molecule has 0 radical (unpaired) electrons. The zero-order valence-electron chi connectivity index (χ0n) is 15.1. The number of hydrogen-bond acceptors (Lipinski definition) is 4. The van der Waals surface area contributed by atoms with Gasteiger partial charge in [-0.3, -0.25) is 9.59 Å². The summed E-state index contributed by atoms with van der Waals surface area (Å²) in [7, 11) is 0. The summed E-state index contributed by atoms with van der Waals surface area (Å²) in [5, 5.41) is 6.28. The molecule has 24 heavy (non-hydrogen) atoms. The molecule has 1 aromatic rings. The number of rotatable bonds is 13. The molecule has 6 heteroatoms. The molecule has 0 aliphatic rings. The van der Waals surface area contributed by atoms with Crippen LogP contribution in [0.15, 0.2) is 16.9 Å². The maximum Gasteiger partial charge on any atom is 0.245 e. The maximum absolute atomic E-state index is 12.4. The van der Waals surface area contributed by atoms with Crippen LogP contribution in [-0.4, -0.2) is 35.0 Å². The molecule has 1 aromatic heterocycles. The molecule has 0 aromatic carbocycles. The molecule has 0 aliphatic carbocycles. The minimum absolute atomic E-state index is 0.0641. The van der Waals surface area contributed by atoms with Gasteiger partial charge < -0.3 is 14.7 Å². The first-order valence-electron chi connectivity index (χ1n) is 9.15. The Morgan fingerprint density at radius 2 is 1.79 bits per heavy atom. The van der Waals surface area contributed by atoms with Crippen LogP contribution in [0, 0.1) is 0 Å². The molecule has 0 unspecified atom stereocenters. The van der Waals surface area contributed by atoms with Crippen molar-refractivity contribution in [2.45, 2.75) is 71.6 Å². The molecule has 1 N–H and O–H groups in total. The van der Waals surface area contributed by atoms with Crippen LogP contribution in [0.3, 0.4) is 0 Å². The number of aromatic nitrogens is 1. The molecule has 1 heterocycles. The van der Waals surface area contributed by atoms with Crippen LogP contribution in [0.4, 0.5) is 5.82 Å². The van der Waals surface area contributed by atoms with Crippen molar-refractivity contribution < 1.29 is 14.1 Å². The van der Waals surface area contributed by atoms with E-state index in [4.69, 9.17) is 0 Å². The number of carbonyl (C=O) groups is 2. The van der Waals surface area contributed by atoms with Crippen molar-refractivity contribution in [1.29, 1.82) is 0 Å². The second-order valence-corrected chi connectivity index (χ2v) is 6.12. The van der Waals surface area contributed by atoms with Crippen molar-refractivity contribution in [2.75, 3.05) is 18.4 Å². The zero-order chi connectivity index (χ0) is 17.6. The topological polar surface area (TPSA) is 75.4 Å². The molecule has 2 amide bonds. The highest BCUT2D eigenvalue weighted by atomic mass is 16.5. The lowest BCUT2D eigenvalue weighted by atomic mass is 10.1. The van der Waals surface area contributed by atoms with Crippen molar-refractivity contribution in [3.05, 3.63) is 12.3 Å². The van der Waals surface area contributed by atoms with Gasteiger partial charge in [-0.2, -0.15) is 0 Å². The Bertz CT molecular complexity index is 460. The van der Waals surface area contributed by atoms with Crippen LogP contribution in [0.25, 0.3) is 0 Å². The standard InChI is InChI=1S/C18H31N3O3/c1-3-5-7-8-9-10-11-18(23)21(13-6-4-2)15-17(22)19-16-12-14-24-20-16/h12,14H,3-11,13,15H2,1-2H3,(H,19,20,22). The smallest absolute Gasteiger partial charge is 0.245 e. The summed E-state index contributed by atoms with van der Waals surface area (Å²) in [6, 6.07) is 1.58. The van der Waals surface area contributed by atoms with E-state index >= 15 is 0 Å².